The summed E-state index contributed by atoms with van der Waals surface area (Å²) in [7, 11) is 0. The zero-order valence-electron chi connectivity index (χ0n) is 12.9. The van der Waals surface area contributed by atoms with Crippen molar-refractivity contribution >= 4 is 6.03 Å². The number of nitrogens with zero attached hydrogens (tertiary/aromatic N) is 1. The van der Waals surface area contributed by atoms with E-state index in [9.17, 15) is 4.79 Å². The fraction of sp³-hybridized carbons (Fsp3) is 0.611. The number of nitrogens with one attached hydrogen (secondary N) is 1. The lowest BCUT2D eigenvalue weighted by Gasteiger charge is -2.33. The molecule has 0 aromatic heterocycles. The molecule has 1 N–H and O–H groups in total. The zero-order valence-corrected chi connectivity index (χ0v) is 12.9. The van der Waals surface area contributed by atoms with Crippen LogP contribution < -0.4 is 5.32 Å². The number of urea groups is 1. The number of carbonyl (C=O) groups is 1. The monoisotopic (exact) mass is 286 g/mol. The normalized spacial score (nSPS) is 25.4. The third kappa shape index (κ3) is 3.39. The Balaban J connectivity index is 1.54. The van der Waals surface area contributed by atoms with Crippen molar-refractivity contribution in [1.29, 1.82) is 0 Å². The van der Waals surface area contributed by atoms with Gasteiger partial charge in [0.25, 0.3) is 0 Å². The van der Waals surface area contributed by atoms with Gasteiger partial charge in [0.15, 0.2) is 0 Å². The fourth-order valence-corrected chi connectivity index (χ4v) is 3.63. The second-order valence-electron chi connectivity index (χ2n) is 6.39. The van der Waals surface area contributed by atoms with Crippen molar-refractivity contribution in [2.75, 3.05) is 6.54 Å². The Morgan fingerprint density at radius 1 is 1.19 bits per heavy atom. The van der Waals surface area contributed by atoms with Crippen molar-refractivity contribution in [2.45, 2.75) is 63.5 Å². The van der Waals surface area contributed by atoms with E-state index in [1.54, 1.807) is 0 Å². The van der Waals surface area contributed by atoms with Gasteiger partial charge in [-0.25, -0.2) is 4.79 Å². The number of benzene rings is 1. The molecule has 0 spiro atoms. The average molecular weight is 286 g/mol. The van der Waals surface area contributed by atoms with E-state index < -0.39 is 0 Å². The van der Waals surface area contributed by atoms with Crippen LogP contribution in [0.15, 0.2) is 30.3 Å². The maximum atomic E-state index is 12.5. The Morgan fingerprint density at radius 2 is 1.90 bits per heavy atom. The molecule has 3 nitrogen and oxygen atoms in total. The van der Waals surface area contributed by atoms with Gasteiger partial charge in [0.05, 0.1) is 0 Å². The molecule has 0 bridgehead atoms. The molecule has 0 heterocycles. The molecule has 114 valence electrons. The van der Waals surface area contributed by atoms with Gasteiger partial charge in [-0.1, -0.05) is 49.6 Å². The van der Waals surface area contributed by atoms with Gasteiger partial charge in [0, 0.05) is 24.5 Å². The Morgan fingerprint density at radius 3 is 2.57 bits per heavy atom. The first-order valence-corrected chi connectivity index (χ1v) is 8.41. The second-order valence-corrected chi connectivity index (χ2v) is 6.39. The third-order valence-corrected chi connectivity index (χ3v) is 4.94. The van der Waals surface area contributed by atoms with Crippen LogP contribution in [-0.4, -0.2) is 29.6 Å². The van der Waals surface area contributed by atoms with Crippen molar-refractivity contribution in [3.05, 3.63) is 35.9 Å². The summed E-state index contributed by atoms with van der Waals surface area (Å²) in [5, 5.41) is 3.24. The van der Waals surface area contributed by atoms with Crippen molar-refractivity contribution in [3.8, 4) is 0 Å². The van der Waals surface area contributed by atoms with Crippen molar-refractivity contribution < 1.29 is 4.79 Å². The van der Waals surface area contributed by atoms with Crippen LogP contribution in [-0.2, 0) is 0 Å². The lowest BCUT2D eigenvalue weighted by molar-refractivity contribution is 0.159. The van der Waals surface area contributed by atoms with Gasteiger partial charge in [0.2, 0.25) is 0 Å². The van der Waals surface area contributed by atoms with Crippen LogP contribution in [0.3, 0.4) is 0 Å². The highest BCUT2D eigenvalue weighted by molar-refractivity contribution is 5.75. The molecular formula is C18H26N2O. The quantitative estimate of drug-likeness (QED) is 0.894. The average Bonchev–Trinajstić information content (AvgIpc) is 3.29. The highest BCUT2D eigenvalue weighted by Crippen LogP contribution is 2.40. The number of hydrogen-bond donors (Lipinski definition) is 1. The Bertz CT molecular complexity index is 467. The summed E-state index contributed by atoms with van der Waals surface area (Å²) >= 11 is 0. The molecule has 0 unspecified atom stereocenters. The molecule has 2 atom stereocenters. The second kappa shape index (κ2) is 6.50. The molecule has 1 aromatic rings. The van der Waals surface area contributed by atoms with Gasteiger partial charge in [-0.2, -0.15) is 0 Å². The van der Waals surface area contributed by atoms with Crippen LogP contribution in [0, 0.1) is 0 Å². The summed E-state index contributed by atoms with van der Waals surface area (Å²) in [5.41, 5.74) is 1.35. The van der Waals surface area contributed by atoms with E-state index in [4.69, 9.17) is 0 Å². The maximum absolute atomic E-state index is 12.5. The topological polar surface area (TPSA) is 32.3 Å². The zero-order chi connectivity index (χ0) is 14.7. The molecule has 2 aliphatic rings. The fourth-order valence-electron chi connectivity index (χ4n) is 3.63. The molecule has 3 rings (SSSR count). The molecular weight excluding hydrogens is 260 g/mol. The number of amides is 2. The summed E-state index contributed by atoms with van der Waals surface area (Å²) in [6.45, 7) is 2.91. The van der Waals surface area contributed by atoms with E-state index in [1.165, 1.54) is 37.7 Å². The molecule has 0 saturated heterocycles. The Labute approximate surface area is 127 Å². The van der Waals surface area contributed by atoms with E-state index in [0.29, 0.717) is 18.0 Å². The predicted molar refractivity (Wildman–Crippen MR) is 85.4 cm³/mol. The van der Waals surface area contributed by atoms with Gasteiger partial charge < -0.3 is 10.2 Å². The standard InChI is InChI=1S/C18H26N2O/c1-2-20(15-11-7-4-8-12-15)18(21)19-17-13-16(17)14-9-5-3-6-10-14/h3,5-6,9-10,15-17H,2,4,7-8,11-13H2,1H3,(H,19,21)/t16-,17+/m1/s1. The van der Waals surface area contributed by atoms with E-state index in [0.717, 1.165) is 13.0 Å². The van der Waals surface area contributed by atoms with Gasteiger partial charge in [-0.15, -0.1) is 0 Å². The van der Waals surface area contributed by atoms with Crippen LogP contribution >= 0.6 is 0 Å². The van der Waals surface area contributed by atoms with Crippen LogP contribution in [0.25, 0.3) is 0 Å². The van der Waals surface area contributed by atoms with E-state index in [2.05, 4.69) is 41.4 Å². The SMILES string of the molecule is CCN(C(=O)N[C@H]1C[C@@H]1c1ccccc1)C1CCCCC1. The first kappa shape index (κ1) is 14.4. The third-order valence-electron chi connectivity index (χ3n) is 4.94. The molecule has 2 aliphatic carbocycles. The molecule has 1 aromatic carbocycles. The molecule has 0 radical (unpaired) electrons. The minimum absolute atomic E-state index is 0.146. The molecule has 0 aliphatic heterocycles. The summed E-state index contributed by atoms with van der Waals surface area (Å²) in [4.78, 5) is 14.6. The van der Waals surface area contributed by atoms with E-state index in [-0.39, 0.29) is 6.03 Å². The number of hydrogen-bond acceptors (Lipinski definition) is 1. The largest absolute Gasteiger partial charge is 0.335 e. The molecule has 2 saturated carbocycles. The summed E-state index contributed by atoms with van der Waals surface area (Å²) < 4.78 is 0. The number of carbonyl (C=O) groups excluding carboxylic acids is 1. The van der Waals surface area contributed by atoms with E-state index in [1.807, 2.05) is 6.07 Å². The predicted octanol–water partition coefficient (Wildman–Crippen LogP) is 3.91. The van der Waals surface area contributed by atoms with Crippen molar-refractivity contribution in [1.82, 2.24) is 10.2 Å². The van der Waals surface area contributed by atoms with Gasteiger partial charge in [0.1, 0.15) is 0 Å². The summed E-state index contributed by atoms with van der Waals surface area (Å²) in [6.07, 6.45) is 7.30. The molecule has 3 heteroatoms. The lowest BCUT2D eigenvalue weighted by atomic mass is 9.94. The van der Waals surface area contributed by atoms with Crippen molar-refractivity contribution in [3.63, 3.8) is 0 Å². The molecule has 21 heavy (non-hydrogen) atoms. The van der Waals surface area contributed by atoms with Crippen LogP contribution in [0.4, 0.5) is 4.79 Å². The lowest BCUT2D eigenvalue weighted by Crippen LogP contribution is -2.47. The Hall–Kier alpha value is -1.51. The molecule has 2 fully saturated rings. The highest BCUT2D eigenvalue weighted by Gasteiger charge is 2.40. The summed E-state index contributed by atoms with van der Waals surface area (Å²) in [5.74, 6) is 0.514. The number of rotatable bonds is 4. The minimum atomic E-state index is 0.146. The smallest absolute Gasteiger partial charge is 0.317 e. The maximum Gasteiger partial charge on any atom is 0.317 e. The minimum Gasteiger partial charge on any atom is -0.335 e. The van der Waals surface area contributed by atoms with Crippen LogP contribution in [0.5, 0.6) is 0 Å². The Kier molecular flexibility index (Phi) is 4.47. The van der Waals surface area contributed by atoms with Gasteiger partial charge >= 0.3 is 6.03 Å². The van der Waals surface area contributed by atoms with Crippen LogP contribution in [0.2, 0.25) is 0 Å². The van der Waals surface area contributed by atoms with Gasteiger partial charge in [-0.3, -0.25) is 0 Å². The first-order chi connectivity index (χ1) is 10.3. The highest BCUT2D eigenvalue weighted by atomic mass is 16.2. The van der Waals surface area contributed by atoms with E-state index >= 15 is 0 Å². The van der Waals surface area contributed by atoms with Gasteiger partial charge in [-0.05, 0) is 31.7 Å². The van der Waals surface area contributed by atoms with Crippen molar-refractivity contribution in [2.24, 2.45) is 0 Å². The van der Waals surface area contributed by atoms with Crippen LogP contribution in [0.1, 0.15) is 56.9 Å². The first-order valence-electron chi connectivity index (χ1n) is 8.41. The summed E-state index contributed by atoms with van der Waals surface area (Å²) in [6, 6.07) is 11.5. The molecule has 2 amide bonds.